The van der Waals surface area contributed by atoms with Gasteiger partial charge in [0.1, 0.15) is 17.0 Å². The Morgan fingerprint density at radius 3 is 3.17 bits per heavy atom. The van der Waals surface area contributed by atoms with Crippen molar-refractivity contribution in [3.8, 4) is 0 Å². The van der Waals surface area contributed by atoms with Crippen molar-refractivity contribution in [2.45, 2.75) is 32.2 Å². The zero-order valence-electron chi connectivity index (χ0n) is 10.6. The molecule has 0 amide bonds. The number of hydrogen-bond acceptors (Lipinski definition) is 5. The summed E-state index contributed by atoms with van der Waals surface area (Å²) < 4.78 is 0. The van der Waals surface area contributed by atoms with Crippen molar-refractivity contribution in [3.05, 3.63) is 17.3 Å². The van der Waals surface area contributed by atoms with E-state index in [1.807, 2.05) is 0 Å². The molecule has 0 aliphatic carbocycles. The van der Waals surface area contributed by atoms with Crippen LogP contribution in [0.1, 0.15) is 24.6 Å². The van der Waals surface area contributed by atoms with Gasteiger partial charge in [0.15, 0.2) is 0 Å². The minimum Gasteiger partial charge on any atom is -0.354 e. The fourth-order valence-corrected chi connectivity index (χ4v) is 3.45. The van der Waals surface area contributed by atoms with Gasteiger partial charge in [0, 0.05) is 24.0 Å². The van der Waals surface area contributed by atoms with Gasteiger partial charge in [0.05, 0.1) is 5.39 Å². The highest BCUT2D eigenvalue weighted by Crippen LogP contribution is 2.31. The van der Waals surface area contributed by atoms with E-state index in [1.54, 1.807) is 17.7 Å². The topological polar surface area (TPSA) is 55.0 Å². The summed E-state index contributed by atoms with van der Waals surface area (Å²) in [6.07, 6.45) is 5.00. The normalized spacial score (nSPS) is 20.6. The predicted molar refractivity (Wildman–Crippen MR) is 76.2 cm³/mol. The minimum atomic E-state index is 0.271. The van der Waals surface area contributed by atoms with Crippen LogP contribution in [0.3, 0.4) is 0 Å². The lowest BCUT2D eigenvalue weighted by Crippen LogP contribution is -2.43. The number of piperidine rings is 1. The maximum Gasteiger partial charge on any atom is 0.140 e. The first kappa shape index (κ1) is 11.9. The van der Waals surface area contributed by atoms with Gasteiger partial charge in [-0.1, -0.05) is 6.92 Å². The highest BCUT2D eigenvalue weighted by molar-refractivity contribution is 7.18. The van der Waals surface area contributed by atoms with Crippen molar-refractivity contribution in [3.63, 3.8) is 0 Å². The van der Waals surface area contributed by atoms with Crippen molar-refractivity contribution in [2.75, 3.05) is 18.0 Å². The smallest absolute Gasteiger partial charge is 0.140 e. The van der Waals surface area contributed by atoms with E-state index < -0.39 is 0 Å². The molecule has 18 heavy (non-hydrogen) atoms. The standard InChI is InChI=1S/C13H18N4S/c1-2-10-6-11-12(15-8-16-13(11)18-10)17-5-3-4-9(14)7-17/h6,8-9H,2-5,7,14H2,1H3. The van der Waals surface area contributed by atoms with Crippen molar-refractivity contribution >= 4 is 27.4 Å². The molecule has 1 aliphatic heterocycles. The average molecular weight is 262 g/mol. The maximum absolute atomic E-state index is 6.06. The summed E-state index contributed by atoms with van der Waals surface area (Å²) >= 11 is 1.77. The van der Waals surface area contributed by atoms with Crippen molar-refractivity contribution < 1.29 is 0 Å². The number of nitrogens with zero attached hydrogens (tertiary/aromatic N) is 3. The zero-order chi connectivity index (χ0) is 12.5. The molecule has 1 unspecified atom stereocenters. The number of hydrogen-bond donors (Lipinski definition) is 1. The molecular weight excluding hydrogens is 244 g/mol. The molecule has 96 valence electrons. The van der Waals surface area contributed by atoms with Gasteiger partial charge < -0.3 is 10.6 Å². The number of thiophene rings is 1. The SMILES string of the molecule is CCc1cc2c(N3CCCC(N)C3)ncnc2s1. The summed E-state index contributed by atoms with van der Waals surface area (Å²) in [6, 6.07) is 2.50. The molecule has 0 bridgehead atoms. The van der Waals surface area contributed by atoms with Gasteiger partial charge in [-0.25, -0.2) is 9.97 Å². The van der Waals surface area contributed by atoms with Gasteiger partial charge in [-0.15, -0.1) is 11.3 Å². The van der Waals surface area contributed by atoms with E-state index in [0.717, 1.165) is 43.0 Å². The Kier molecular flexibility index (Phi) is 3.18. The van der Waals surface area contributed by atoms with Crippen LogP contribution in [-0.4, -0.2) is 29.1 Å². The molecule has 2 aromatic rings. The molecule has 2 aromatic heterocycles. The summed E-state index contributed by atoms with van der Waals surface area (Å²) in [7, 11) is 0. The largest absolute Gasteiger partial charge is 0.354 e. The lowest BCUT2D eigenvalue weighted by atomic mass is 10.1. The van der Waals surface area contributed by atoms with Gasteiger partial charge in [-0.05, 0) is 25.3 Å². The van der Waals surface area contributed by atoms with Crippen molar-refractivity contribution in [2.24, 2.45) is 5.73 Å². The second kappa shape index (κ2) is 4.82. The Hall–Kier alpha value is -1.20. The Labute approximate surface area is 111 Å². The van der Waals surface area contributed by atoms with Crippen LogP contribution in [0.5, 0.6) is 0 Å². The lowest BCUT2D eigenvalue weighted by Gasteiger charge is -2.31. The zero-order valence-corrected chi connectivity index (χ0v) is 11.4. The third-order valence-corrected chi connectivity index (χ3v) is 4.65. The van der Waals surface area contributed by atoms with E-state index in [1.165, 1.54) is 10.3 Å². The van der Waals surface area contributed by atoms with Crippen molar-refractivity contribution in [1.29, 1.82) is 0 Å². The number of aryl methyl sites for hydroxylation is 1. The van der Waals surface area contributed by atoms with Crippen molar-refractivity contribution in [1.82, 2.24) is 9.97 Å². The molecular formula is C13H18N4S. The van der Waals surface area contributed by atoms with E-state index in [4.69, 9.17) is 5.73 Å². The molecule has 1 saturated heterocycles. The van der Waals surface area contributed by atoms with Gasteiger partial charge in [-0.2, -0.15) is 0 Å². The molecule has 0 aromatic carbocycles. The molecule has 1 fully saturated rings. The fourth-order valence-electron chi connectivity index (χ4n) is 2.52. The van der Waals surface area contributed by atoms with Crippen LogP contribution in [0, 0.1) is 0 Å². The summed E-state index contributed by atoms with van der Waals surface area (Å²) in [5.41, 5.74) is 6.06. The quantitative estimate of drug-likeness (QED) is 0.901. The van der Waals surface area contributed by atoms with Crippen LogP contribution in [-0.2, 0) is 6.42 Å². The van der Waals surface area contributed by atoms with E-state index in [9.17, 15) is 0 Å². The number of rotatable bonds is 2. The van der Waals surface area contributed by atoms with E-state index in [2.05, 4.69) is 27.9 Å². The third kappa shape index (κ3) is 2.08. The molecule has 3 rings (SSSR count). The first-order valence-corrected chi connectivity index (χ1v) is 7.33. The van der Waals surface area contributed by atoms with Gasteiger partial charge >= 0.3 is 0 Å². The van der Waals surface area contributed by atoms with E-state index in [-0.39, 0.29) is 6.04 Å². The lowest BCUT2D eigenvalue weighted by molar-refractivity contribution is 0.504. The summed E-state index contributed by atoms with van der Waals surface area (Å²) in [5.74, 6) is 1.06. The van der Waals surface area contributed by atoms with Gasteiger partial charge in [-0.3, -0.25) is 0 Å². The molecule has 5 heteroatoms. The Morgan fingerprint density at radius 1 is 1.50 bits per heavy atom. The Morgan fingerprint density at radius 2 is 2.39 bits per heavy atom. The second-order valence-electron chi connectivity index (χ2n) is 4.83. The van der Waals surface area contributed by atoms with Gasteiger partial charge in [0.2, 0.25) is 0 Å². The second-order valence-corrected chi connectivity index (χ2v) is 5.95. The maximum atomic E-state index is 6.06. The Bertz CT molecular complexity index is 551. The molecule has 0 saturated carbocycles. The number of fused-ring (bicyclic) bond motifs is 1. The van der Waals surface area contributed by atoms with E-state index in [0.29, 0.717) is 0 Å². The minimum absolute atomic E-state index is 0.271. The third-order valence-electron chi connectivity index (χ3n) is 3.47. The first-order valence-electron chi connectivity index (χ1n) is 6.52. The van der Waals surface area contributed by atoms with Crippen LogP contribution in [0.2, 0.25) is 0 Å². The molecule has 0 spiro atoms. The molecule has 2 N–H and O–H groups in total. The summed E-state index contributed by atoms with van der Waals surface area (Å²) in [6.45, 7) is 4.13. The molecule has 1 atom stereocenters. The monoisotopic (exact) mass is 262 g/mol. The number of anilines is 1. The van der Waals surface area contributed by atoms with Crippen LogP contribution < -0.4 is 10.6 Å². The average Bonchev–Trinajstić information content (AvgIpc) is 2.81. The molecule has 4 nitrogen and oxygen atoms in total. The highest BCUT2D eigenvalue weighted by Gasteiger charge is 2.20. The van der Waals surface area contributed by atoms with Crippen LogP contribution in [0.4, 0.5) is 5.82 Å². The Balaban J connectivity index is 2.02. The molecule has 3 heterocycles. The predicted octanol–water partition coefficient (Wildman–Crippen LogP) is 2.18. The molecule has 1 aliphatic rings. The van der Waals surface area contributed by atoms with Crippen LogP contribution >= 0.6 is 11.3 Å². The van der Waals surface area contributed by atoms with Crippen LogP contribution in [0.25, 0.3) is 10.2 Å². The summed E-state index contributed by atoms with van der Waals surface area (Å²) in [4.78, 5) is 13.6. The number of nitrogens with two attached hydrogens (primary N) is 1. The highest BCUT2D eigenvalue weighted by atomic mass is 32.1. The molecule has 0 radical (unpaired) electrons. The van der Waals surface area contributed by atoms with Crippen LogP contribution in [0.15, 0.2) is 12.4 Å². The first-order chi connectivity index (χ1) is 8.78. The number of aromatic nitrogens is 2. The fraction of sp³-hybridized carbons (Fsp3) is 0.538. The van der Waals surface area contributed by atoms with E-state index >= 15 is 0 Å². The van der Waals surface area contributed by atoms with Gasteiger partial charge in [0.25, 0.3) is 0 Å². The summed E-state index contributed by atoms with van der Waals surface area (Å²) in [5, 5.41) is 1.19.